The first-order valence-corrected chi connectivity index (χ1v) is 11.2. The van der Waals surface area contributed by atoms with Crippen LogP contribution in [0.2, 0.25) is 0 Å². The SMILES string of the molecule is COc1nc(C=Cc2nc3n(n2)CCC[C@H]3c2cccc(C(F)(F)F)c2)ccc1-n1cnc(C)c1. The Bertz CT molecular complexity index is 1390. The molecular formula is C25H23F3N6O. The Hall–Kier alpha value is -3.95. The van der Waals surface area contributed by atoms with E-state index in [1.54, 1.807) is 36.3 Å². The zero-order valence-electron chi connectivity index (χ0n) is 19.2. The van der Waals surface area contributed by atoms with Crippen LogP contribution >= 0.6 is 0 Å². The van der Waals surface area contributed by atoms with E-state index in [-0.39, 0.29) is 5.92 Å². The number of nitrogens with zero attached hydrogens (tertiary/aromatic N) is 6. The molecule has 5 rings (SSSR count). The second-order valence-electron chi connectivity index (χ2n) is 8.39. The predicted molar refractivity (Wildman–Crippen MR) is 124 cm³/mol. The third-order valence-corrected chi connectivity index (χ3v) is 5.96. The van der Waals surface area contributed by atoms with Gasteiger partial charge in [0.15, 0.2) is 5.82 Å². The summed E-state index contributed by atoms with van der Waals surface area (Å²) in [5.74, 6) is 1.36. The summed E-state index contributed by atoms with van der Waals surface area (Å²) in [6, 6.07) is 9.21. The molecule has 1 aromatic carbocycles. The lowest BCUT2D eigenvalue weighted by Crippen LogP contribution is -2.18. The third-order valence-electron chi connectivity index (χ3n) is 5.96. The molecule has 1 aliphatic rings. The van der Waals surface area contributed by atoms with Crippen LogP contribution in [0.15, 0.2) is 48.9 Å². The molecule has 1 atom stereocenters. The molecule has 1 aliphatic heterocycles. The summed E-state index contributed by atoms with van der Waals surface area (Å²) in [5.41, 5.74) is 2.25. The lowest BCUT2D eigenvalue weighted by Gasteiger charge is -2.23. The largest absolute Gasteiger partial charge is 0.479 e. The highest BCUT2D eigenvalue weighted by Gasteiger charge is 2.32. The molecule has 180 valence electrons. The molecule has 4 heterocycles. The number of hydrogen-bond donors (Lipinski definition) is 0. The number of benzene rings is 1. The van der Waals surface area contributed by atoms with E-state index in [2.05, 4.69) is 20.1 Å². The first-order valence-electron chi connectivity index (χ1n) is 11.2. The number of alkyl halides is 3. The molecule has 7 nitrogen and oxygen atoms in total. The van der Waals surface area contributed by atoms with Gasteiger partial charge in [0.2, 0.25) is 5.88 Å². The fraction of sp³-hybridized carbons (Fsp3) is 0.280. The number of pyridine rings is 1. The molecule has 4 aromatic rings. The number of imidazole rings is 1. The van der Waals surface area contributed by atoms with Crippen molar-refractivity contribution in [3.05, 3.63) is 83.1 Å². The van der Waals surface area contributed by atoms with Gasteiger partial charge in [-0.15, -0.1) is 0 Å². The first-order chi connectivity index (χ1) is 16.8. The van der Waals surface area contributed by atoms with Crippen molar-refractivity contribution in [1.82, 2.24) is 29.3 Å². The van der Waals surface area contributed by atoms with Crippen LogP contribution in [0.5, 0.6) is 5.88 Å². The number of rotatable bonds is 5. The lowest BCUT2D eigenvalue weighted by molar-refractivity contribution is -0.137. The van der Waals surface area contributed by atoms with Gasteiger partial charge >= 0.3 is 6.18 Å². The molecule has 0 aliphatic carbocycles. The van der Waals surface area contributed by atoms with Gasteiger partial charge in [-0.05, 0) is 55.7 Å². The molecule has 0 N–H and O–H groups in total. The summed E-state index contributed by atoms with van der Waals surface area (Å²) in [5, 5.41) is 4.55. The van der Waals surface area contributed by atoms with Gasteiger partial charge in [0.05, 0.1) is 30.4 Å². The topological polar surface area (TPSA) is 70.7 Å². The van der Waals surface area contributed by atoms with Gasteiger partial charge in [-0.3, -0.25) is 0 Å². The van der Waals surface area contributed by atoms with Crippen LogP contribution < -0.4 is 4.74 Å². The van der Waals surface area contributed by atoms with Gasteiger partial charge in [0.25, 0.3) is 0 Å². The van der Waals surface area contributed by atoms with Gasteiger partial charge in [-0.25, -0.2) is 19.6 Å². The van der Waals surface area contributed by atoms with Gasteiger partial charge in [-0.1, -0.05) is 18.2 Å². The normalized spacial score (nSPS) is 16.0. The number of halogens is 3. The molecule has 0 radical (unpaired) electrons. The number of fused-ring (bicyclic) bond motifs is 1. The van der Waals surface area contributed by atoms with Gasteiger partial charge in [0, 0.05) is 18.7 Å². The van der Waals surface area contributed by atoms with E-state index < -0.39 is 11.7 Å². The Morgan fingerprint density at radius 2 is 1.97 bits per heavy atom. The number of hydrogen-bond acceptors (Lipinski definition) is 5. The highest BCUT2D eigenvalue weighted by molar-refractivity contribution is 5.65. The fourth-order valence-electron chi connectivity index (χ4n) is 4.29. The lowest BCUT2D eigenvalue weighted by atomic mass is 9.90. The maximum atomic E-state index is 13.2. The number of ether oxygens (including phenoxy) is 1. The standard InChI is InChI=1S/C25H23F3N6O/c1-16-14-33(15-29-16)21-10-8-19(30-24(21)35-2)9-11-22-31-23-20(7-4-12-34(23)32-22)17-5-3-6-18(13-17)25(26,27)28/h3,5-6,8-11,13-15,20H,4,7,12H2,1-2H3/t20-/m0/s1. The monoisotopic (exact) mass is 480 g/mol. The van der Waals surface area contributed by atoms with E-state index in [9.17, 15) is 13.2 Å². The maximum Gasteiger partial charge on any atom is 0.416 e. The zero-order chi connectivity index (χ0) is 24.6. The molecule has 0 amide bonds. The van der Waals surface area contributed by atoms with Gasteiger partial charge in [-0.2, -0.15) is 18.3 Å². The molecule has 35 heavy (non-hydrogen) atoms. The number of aromatic nitrogens is 6. The summed E-state index contributed by atoms with van der Waals surface area (Å²) < 4.78 is 48.7. The van der Waals surface area contributed by atoms with Crippen molar-refractivity contribution in [2.24, 2.45) is 0 Å². The quantitative estimate of drug-likeness (QED) is 0.388. The Labute approximate surface area is 199 Å². The second-order valence-corrected chi connectivity index (χ2v) is 8.39. The van der Waals surface area contributed by atoms with Crippen LogP contribution in [0, 0.1) is 6.92 Å². The molecule has 0 fully saturated rings. The summed E-state index contributed by atoms with van der Waals surface area (Å²) in [6.45, 7) is 2.58. The Morgan fingerprint density at radius 1 is 1.11 bits per heavy atom. The van der Waals surface area contributed by atoms with Crippen molar-refractivity contribution >= 4 is 12.2 Å². The molecule has 3 aromatic heterocycles. The molecule has 0 unspecified atom stereocenters. The van der Waals surface area contributed by atoms with Crippen LogP contribution in [-0.2, 0) is 12.7 Å². The van der Waals surface area contributed by atoms with Gasteiger partial charge < -0.3 is 9.30 Å². The number of aryl methyl sites for hydroxylation is 2. The molecular weight excluding hydrogens is 457 g/mol. The molecule has 0 saturated carbocycles. The summed E-state index contributed by atoms with van der Waals surface area (Å²) in [7, 11) is 1.56. The average Bonchev–Trinajstić information content (AvgIpc) is 3.47. The van der Waals surface area contributed by atoms with Crippen molar-refractivity contribution in [3.8, 4) is 11.6 Å². The van der Waals surface area contributed by atoms with Crippen LogP contribution in [-0.4, -0.2) is 36.4 Å². The average molecular weight is 480 g/mol. The highest BCUT2D eigenvalue weighted by Crippen LogP contribution is 2.36. The van der Waals surface area contributed by atoms with Crippen molar-refractivity contribution in [3.63, 3.8) is 0 Å². The number of methoxy groups -OCH3 is 1. The predicted octanol–water partition coefficient (Wildman–Crippen LogP) is 5.29. The van der Waals surface area contributed by atoms with E-state index in [1.165, 1.54) is 12.1 Å². The minimum Gasteiger partial charge on any atom is -0.479 e. The van der Waals surface area contributed by atoms with Crippen LogP contribution in [0.4, 0.5) is 13.2 Å². The van der Waals surface area contributed by atoms with Crippen molar-refractivity contribution in [2.75, 3.05) is 7.11 Å². The van der Waals surface area contributed by atoms with Crippen molar-refractivity contribution in [1.29, 1.82) is 0 Å². The summed E-state index contributed by atoms with van der Waals surface area (Å²) >= 11 is 0. The van der Waals surface area contributed by atoms with E-state index in [1.807, 2.05) is 29.8 Å². The highest BCUT2D eigenvalue weighted by atomic mass is 19.4. The van der Waals surface area contributed by atoms with Gasteiger partial charge in [0.1, 0.15) is 11.5 Å². The minimum absolute atomic E-state index is 0.239. The van der Waals surface area contributed by atoms with Crippen LogP contribution in [0.25, 0.3) is 17.8 Å². The first kappa shape index (κ1) is 22.8. The summed E-state index contributed by atoms with van der Waals surface area (Å²) in [4.78, 5) is 13.4. The third kappa shape index (κ3) is 4.68. The maximum absolute atomic E-state index is 13.2. The molecule has 10 heteroatoms. The van der Waals surface area contributed by atoms with Crippen LogP contribution in [0.1, 0.15) is 52.9 Å². The minimum atomic E-state index is -4.38. The summed E-state index contributed by atoms with van der Waals surface area (Å²) in [6.07, 6.45) is 4.27. The van der Waals surface area contributed by atoms with Crippen molar-refractivity contribution < 1.29 is 17.9 Å². The van der Waals surface area contributed by atoms with E-state index in [0.29, 0.717) is 35.3 Å². The van der Waals surface area contributed by atoms with E-state index >= 15 is 0 Å². The zero-order valence-corrected chi connectivity index (χ0v) is 19.2. The molecule has 0 saturated heterocycles. The Morgan fingerprint density at radius 3 is 2.71 bits per heavy atom. The molecule has 0 bridgehead atoms. The van der Waals surface area contributed by atoms with Crippen molar-refractivity contribution in [2.45, 2.75) is 38.4 Å². The molecule has 0 spiro atoms. The second kappa shape index (κ2) is 9.01. The van der Waals surface area contributed by atoms with E-state index in [4.69, 9.17) is 4.74 Å². The Kier molecular flexibility index (Phi) is 5.88. The fourth-order valence-corrected chi connectivity index (χ4v) is 4.29. The smallest absolute Gasteiger partial charge is 0.416 e. The Balaban J connectivity index is 1.41. The van der Waals surface area contributed by atoms with Crippen LogP contribution in [0.3, 0.4) is 0 Å². The van der Waals surface area contributed by atoms with E-state index in [0.717, 1.165) is 30.3 Å².